The summed E-state index contributed by atoms with van der Waals surface area (Å²) >= 11 is 0.715. The lowest BCUT2D eigenvalue weighted by atomic mass is 10.0. The fraction of sp³-hybridized carbons (Fsp3) is 0.190. The Kier molecular flexibility index (Phi) is 5.93. The van der Waals surface area contributed by atoms with Crippen molar-refractivity contribution in [2.45, 2.75) is 19.8 Å². The summed E-state index contributed by atoms with van der Waals surface area (Å²) in [7, 11) is 0. The predicted octanol–water partition coefficient (Wildman–Crippen LogP) is 3.90. The molecule has 0 aromatic heterocycles. The maximum Gasteiger partial charge on any atom is 0.294 e. The Morgan fingerprint density at radius 2 is 1.79 bits per heavy atom. The van der Waals surface area contributed by atoms with Crippen molar-refractivity contribution in [2.75, 3.05) is 11.9 Å². The van der Waals surface area contributed by atoms with Gasteiger partial charge in [0.05, 0.1) is 4.91 Å². The van der Waals surface area contributed by atoms with Crippen molar-refractivity contribution in [3.05, 3.63) is 58.5 Å². The number of amides is 3. The predicted molar refractivity (Wildman–Crippen MR) is 112 cm³/mol. The van der Waals surface area contributed by atoms with E-state index in [0.717, 1.165) is 10.5 Å². The van der Waals surface area contributed by atoms with Crippen molar-refractivity contribution in [3.8, 4) is 11.5 Å². The Morgan fingerprint density at radius 1 is 1.10 bits per heavy atom. The molecule has 8 heteroatoms. The van der Waals surface area contributed by atoms with Gasteiger partial charge in [0.15, 0.2) is 11.5 Å². The van der Waals surface area contributed by atoms with E-state index in [4.69, 9.17) is 0 Å². The minimum atomic E-state index is -0.585. The van der Waals surface area contributed by atoms with Gasteiger partial charge in [-0.05, 0) is 59.1 Å². The van der Waals surface area contributed by atoms with Gasteiger partial charge in [-0.2, -0.15) is 0 Å². The number of nitrogens with zero attached hydrogens (tertiary/aromatic N) is 1. The molecule has 150 valence electrons. The normalized spacial score (nSPS) is 15.4. The van der Waals surface area contributed by atoms with Crippen LogP contribution in [-0.4, -0.2) is 38.7 Å². The smallest absolute Gasteiger partial charge is 0.294 e. The lowest BCUT2D eigenvalue weighted by Crippen LogP contribution is -2.36. The van der Waals surface area contributed by atoms with Gasteiger partial charge in [0, 0.05) is 5.69 Å². The summed E-state index contributed by atoms with van der Waals surface area (Å²) in [6.07, 6.45) is 1.42. The zero-order valence-electron chi connectivity index (χ0n) is 15.9. The van der Waals surface area contributed by atoms with Gasteiger partial charge in [-0.25, -0.2) is 0 Å². The third-order valence-electron chi connectivity index (χ3n) is 4.33. The SMILES string of the molecule is CC(C)c1ccc(NC(=O)CN2C(=O)S/C(=C/c3ccc(O)c(O)c3)C2=O)cc1. The molecule has 3 rings (SSSR count). The number of imide groups is 1. The molecule has 1 fully saturated rings. The minimum absolute atomic E-state index is 0.133. The molecule has 7 nitrogen and oxygen atoms in total. The van der Waals surface area contributed by atoms with Crippen LogP contribution < -0.4 is 5.32 Å². The van der Waals surface area contributed by atoms with Crippen molar-refractivity contribution in [1.82, 2.24) is 4.90 Å². The second-order valence-electron chi connectivity index (χ2n) is 6.84. The van der Waals surface area contributed by atoms with Crippen LogP contribution in [0.2, 0.25) is 0 Å². The van der Waals surface area contributed by atoms with Gasteiger partial charge in [-0.15, -0.1) is 0 Å². The topological polar surface area (TPSA) is 107 Å². The van der Waals surface area contributed by atoms with E-state index >= 15 is 0 Å². The highest BCUT2D eigenvalue weighted by molar-refractivity contribution is 8.18. The molecule has 2 aromatic rings. The molecule has 3 amide bonds. The average molecular weight is 412 g/mol. The molecule has 0 spiro atoms. The molecular formula is C21H20N2O5S. The van der Waals surface area contributed by atoms with Gasteiger partial charge in [0.25, 0.3) is 11.1 Å². The van der Waals surface area contributed by atoms with Gasteiger partial charge in [0.2, 0.25) is 5.91 Å². The van der Waals surface area contributed by atoms with Crippen molar-refractivity contribution in [2.24, 2.45) is 0 Å². The summed E-state index contributed by atoms with van der Waals surface area (Å²) in [5, 5.41) is 21.0. The van der Waals surface area contributed by atoms with Gasteiger partial charge in [-0.3, -0.25) is 19.3 Å². The van der Waals surface area contributed by atoms with Gasteiger partial charge < -0.3 is 15.5 Å². The third-order valence-corrected chi connectivity index (χ3v) is 5.24. The first-order chi connectivity index (χ1) is 13.7. The summed E-state index contributed by atoms with van der Waals surface area (Å²) in [4.78, 5) is 38.0. The zero-order valence-corrected chi connectivity index (χ0v) is 16.7. The van der Waals surface area contributed by atoms with Crippen molar-refractivity contribution < 1.29 is 24.6 Å². The summed E-state index contributed by atoms with van der Waals surface area (Å²) in [6.45, 7) is 3.75. The van der Waals surface area contributed by atoms with Crippen LogP contribution in [0.4, 0.5) is 10.5 Å². The van der Waals surface area contributed by atoms with Crippen LogP contribution in [0.15, 0.2) is 47.4 Å². The highest BCUT2D eigenvalue weighted by atomic mass is 32.2. The lowest BCUT2D eigenvalue weighted by Gasteiger charge is -2.13. The Labute approximate surface area is 172 Å². The van der Waals surface area contributed by atoms with Crippen LogP contribution in [0.3, 0.4) is 0 Å². The summed E-state index contributed by atoms with van der Waals surface area (Å²) in [5.74, 6) is -1.31. The number of phenolic OH excluding ortho intramolecular Hbond substituents is 2. The number of carbonyl (C=O) groups is 3. The summed E-state index contributed by atoms with van der Waals surface area (Å²) in [6, 6.07) is 11.4. The maximum atomic E-state index is 12.5. The molecule has 29 heavy (non-hydrogen) atoms. The number of phenols is 2. The van der Waals surface area contributed by atoms with Gasteiger partial charge in [-0.1, -0.05) is 32.0 Å². The molecule has 1 aliphatic heterocycles. The Hall–Kier alpha value is -3.26. The molecular weight excluding hydrogens is 392 g/mol. The second-order valence-corrected chi connectivity index (χ2v) is 7.83. The molecule has 1 aliphatic rings. The van der Waals surface area contributed by atoms with Crippen LogP contribution in [0.25, 0.3) is 6.08 Å². The van der Waals surface area contributed by atoms with Gasteiger partial charge >= 0.3 is 0 Å². The third kappa shape index (κ3) is 4.78. The molecule has 0 atom stereocenters. The standard InChI is InChI=1S/C21H20N2O5S/c1-12(2)14-4-6-15(7-5-14)22-19(26)11-23-20(27)18(29-21(23)28)10-13-3-8-16(24)17(25)9-13/h3-10,12,24-25H,11H2,1-2H3,(H,22,26)/b18-10+. The molecule has 1 saturated heterocycles. The highest BCUT2D eigenvalue weighted by Crippen LogP contribution is 2.33. The first-order valence-electron chi connectivity index (χ1n) is 8.91. The van der Waals surface area contributed by atoms with Crippen molar-refractivity contribution in [3.63, 3.8) is 0 Å². The van der Waals surface area contributed by atoms with E-state index in [0.29, 0.717) is 28.9 Å². The number of rotatable bonds is 5. The van der Waals surface area contributed by atoms with Crippen LogP contribution in [0.5, 0.6) is 11.5 Å². The maximum absolute atomic E-state index is 12.5. The average Bonchev–Trinajstić information content (AvgIpc) is 2.92. The van der Waals surface area contributed by atoms with E-state index in [1.54, 1.807) is 12.1 Å². The molecule has 0 unspecified atom stereocenters. The number of thioether (sulfide) groups is 1. The summed E-state index contributed by atoms with van der Waals surface area (Å²) < 4.78 is 0. The Balaban J connectivity index is 1.67. The number of hydrogen-bond acceptors (Lipinski definition) is 6. The molecule has 2 aromatic carbocycles. The number of nitrogens with one attached hydrogen (secondary N) is 1. The van der Waals surface area contributed by atoms with E-state index in [-0.39, 0.29) is 16.4 Å². The quantitative estimate of drug-likeness (QED) is 0.508. The molecule has 0 radical (unpaired) electrons. The summed E-state index contributed by atoms with van der Waals surface area (Å²) in [5.41, 5.74) is 2.17. The van der Waals surface area contributed by atoms with E-state index in [2.05, 4.69) is 19.2 Å². The number of aromatic hydroxyl groups is 2. The first kappa shape index (κ1) is 20.5. The van der Waals surface area contributed by atoms with Crippen LogP contribution in [-0.2, 0) is 9.59 Å². The van der Waals surface area contributed by atoms with E-state index in [1.165, 1.54) is 24.3 Å². The minimum Gasteiger partial charge on any atom is -0.504 e. The van der Waals surface area contributed by atoms with E-state index in [1.807, 2.05) is 12.1 Å². The Morgan fingerprint density at radius 3 is 2.41 bits per heavy atom. The largest absolute Gasteiger partial charge is 0.504 e. The molecule has 0 aliphatic carbocycles. The fourth-order valence-electron chi connectivity index (χ4n) is 2.71. The van der Waals surface area contributed by atoms with Crippen LogP contribution >= 0.6 is 11.8 Å². The molecule has 3 N–H and O–H groups in total. The monoisotopic (exact) mass is 412 g/mol. The fourth-order valence-corrected chi connectivity index (χ4v) is 3.55. The molecule has 1 heterocycles. The number of benzene rings is 2. The van der Waals surface area contributed by atoms with Crippen LogP contribution in [0, 0.1) is 0 Å². The molecule has 0 bridgehead atoms. The van der Waals surface area contributed by atoms with Crippen LogP contribution in [0.1, 0.15) is 30.9 Å². The second kappa shape index (κ2) is 8.40. The lowest BCUT2D eigenvalue weighted by molar-refractivity contribution is -0.127. The zero-order chi connectivity index (χ0) is 21.1. The number of carbonyl (C=O) groups excluding carboxylic acids is 3. The highest BCUT2D eigenvalue weighted by Gasteiger charge is 2.36. The number of hydrogen-bond donors (Lipinski definition) is 3. The van der Waals surface area contributed by atoms with E-state index in [9.17, 15) is 24.6 Å². The number of anilines is 1. The molecule has 0 saturated carbocycles. The van der Waals surface area contributed by atoms with Gasteiger partial charge in [0.1, 0.15) is 6.54 Å². The Bertz CT molecular complexity index is 999. The first-order valence-corrected chi connectivity index (χ1v) is 9.73. The van der Waals surface area contributed by atoms with E-state index < -0.39 is 23.6 Å². The van der Waals surface area contributed by atoms with Crippen molar-refractivity contribution >= 4 is 40.6 Å². The van der Waals surface area contributed by atoms with Crippen molar-refractivity contribution in [1.29, 1.82) is 0 Å².